The lowest BCUT2D eigenvalue weighted by molar-refractivity contribution is 0.630. The molecule has 0 aliphatic heterocycles. The number of hydrogen-bond acceptors (Lipinski definition) is 2. The Balaban J connectivity index is 2.19. The summed E-state index contributed by atoms with van der Waals surface area (Å²) in [6.45, 7) is 1.66. The summed E-state index contributed by atoms with van der Waals surface area (Å²) in [6, 6.07) is 10.6. The maximum absolute atomic E-state index is 8.54. The first kappa shape index (κ1) is 12.7. The summed E-state index contributed by atoms with van der Waals surface area (Å²) in [5.41, 5.74) is 8.26. The molecular formula is C15H19N3. The average Bonchev–Trinajstić information content (AvgIpc) is 2.74. The number of rotatable bonds is 6. The predicted octanol–water partition coefficient (Wildman–Crippen LogP) is 2.84. The van der Waals surface area contributed by atoms with Crippen molar-refractivity contribution in [3.8, 4) is 6.07 Å². The van der Waals surface area contributed by atoms with Crippen LogP contribution in [-0.2, 0) is 13.0 Å². The van der Waals surface area contributed by atoms with Crippen LogP contribution in [0.1, 0.15) is 24.8 Å². The van der Waals surface area contributed by atoms with Gasteiger partial charge in [0.2, 0.25) is 0 Å². The van der Waals surface area contributed by atoms with Crippen molar-refractivity contribution in [2.24, 2.45) is 5.73 Å². The molecule has 2 rings (SSSR count). The quantitative estimate of drug-likeness (QED) is 0.791. The summed E-state index contributed by atoms with van der Waals surface area (Å²) in [5, 5.41) is 9.85. The van der Waals surface area contributed by atoms with Crippen molar-refractivity contribution in [1.29, 1.82) is 5.26 Å². The van der Waals surface area contributed by atoms with Gasteiger partial charge in [-0.25, -0.2) is 0 Å². The Kier molecular flexibility index (Phi) is 4.38. The average molecular weight is 241 g/mol. The molecule has 0 atom stereocenters. The van der Waals surface area contributed by atoms with Gasteiger partial charge in [0.15, 0.2) is 0 Å². The van der Waals surface area contributed by atoms with E-state index in [1.54, 1.807) is 0 Å². The van der Waals surface area contributed by atoms with Gasteiger partial charge in [0.05, 0.1) is 6.07 Å². The van der Waals surface area contributed by atoms with Crippen LogP contribution in [0, 0.1) is 11.3 Å². The molecule has 0 bridgehead atoms. The van der Waals surface area contributed by atoms with E-state index in [0.29, 0.717) is 13.0 Å². The minimum Gasteiger partial charge on any atom is -0.347 e. The molecule has 0 saturated carbocycles. The molecule has 2 aromatic rings. The molecule has 0 unspecified atom stereocenters. The SMILES string of the molecule is N#CCCCCn1cc(CCN)c2ccccc21. The summed E-state index contributed by atoms with van der Waals surface area (Å²) in [7, 11) is 0. The minimum absolute atomic E-state index is 0.648. The van der Waals surface area contributed by atoms with Crippen molar-refractivity contribution < 1.29 is 0 Å². The maximum Gasteiger partial charge on any atom is 0.0621 e. The van der Waals surface area contributed by atoms with Gasteiger partial charge in [-0.2, -0.15) is 5.26 Å². The molecule has 0 radical (unpaired) electrons. The van der Waals surface area contributed by atoms with Gasteiger partial charge in [0, 0.05) is 30.1 Å². The summed E-state index contributed by atoms with van der Waals surface area (Å²) in [5.74, 6) is 0. The molecule has 2 N–H and O–H groups in total. The van der Waals surface area contributed by atoms with Crippen LogP contribution in [0.4, 0.5) is 0 Å². The van der Waals surface area contributed by atoms with Crippen LogP contribution in [0.5, 0.6) is 0 Å². The Morgan fingerprint density at radius 3 is 2.83 bits per heavy atom. The van der Waals surface area contributed by atoms with Crippen LogP contribution in [0.2, 0.25) is 0 Å². The van der Waals surface area contributed by atoms with Gasteiger partial charge in [-0.05, 0) is 37.4 Å². The zero-order chi connectivity index (χ0) is 12.8. The number of unbranched alkanes of at least 4 members (excludes halogenated alkanes) is 2. The van der Waals surface area contributed by atoms with E-state index in [2.05, 4.69) is 41.1 Å². The number of aromatic nitrogens is 1. The molecule has 0 aliphatic carbocycles. The lowest BCUT2D eigenvalue weighted by Crippen LogP contribution is -2.02. The number of nitrogens with zero attached hydrogens (tertiary/aromatic N) is 2. The molecule has 0 spiro atoms. The monoisotopic (exact) mass is 241 g/mol. The first-order chi connectivity index (χ1) is 8.86. The van der Waals surface area contributed by atoms with Crippen molar-refractivity contribution in [3.05, 3.63) is 36.0 Å². The molecule has 0 saturated heterocycles. The van der Waals surface area contributed by atoms with Crippen LogP contribution >= 0.6 is 0 Å². The summed E-state index contributed by atoms with van der Waals surface area (Å²) in [6.07, 6.45) is 5.80. The zero-order valence-electron chi connectivity index (χ0n) is 10.6. The Bertz CT molecular complexity index is 548. The van der Waals surface area contributed by atoms with Gasteiger partial charge in [-0.1, -0.05) is 18.2 Å². The molecule has 1 aromatic heterocycles. The third kappa shape index (κ3) is 2.72. The van der Waals surface area contributed by atoms with Crippen LogP contribution in [0.15, 0.2) is 30.5 Å². The van der Waals surface area contributed by atoms with Gasteiger partial charge < -0.3 is 10.3 Å². The highest BCUT2D eigenvalue weighted by molar-refractivity contribution is 5.84. The van der Waals surface area contributed by atoms with Gasteiger partial charge in [-0.3, -0.25) is 0 Å². The number of nitriles is 1. The second-order valence-corrected chi connectivity index (χ2v) is 4.52. The van der Waals surface area contributed by atoms with Gasteiger partial charge in [-0.15, -0.1) is 0 Å². The Hall–Kier alpha value is -1.79. The highest BCUT2D eigenvalue weighted by atomic mass is 15.0. The number of para-hydroxylation sites is 1. The number of nitrogens with two attached hydrogens (primary N) is 1. The van der Waals surface area contributed by atoms with E-state index in [1.165, 1.54) is 16.5 Å². The predicted molar refractivity (Wildman–Crippen MR) is 74.2 cm³/mol. The Morgan fingerprint density at radius 1 is 1.22 bits per heavy atom. The second-order valence-electron chi connectivity index (χ2n) is 4.52. The van der Waals surface area contributed by atoms with E-state index < -0.39 is 0 Å². The third-order valence-electron chi connectivity index (χ3n) is 3.22. The summed E-state index contributed by atoms with van der Waals surface area (Å²) >= 11 is 0. The zero-order valence-corrected chi connectivity index (χ0v) is 10.6. The lowest BCUT2D eigenvalue weighted by Gasteiger charge is -2.03. The van der Waals surface area contributed by atoms with E-state index >= 15 is 0 Å². The fraction of sp³-hybridized carbons (Fsp3) is 0.400. The van der Waals surface area contributed by atoms with E-state index in [9.17, 15) is 0 Å². The van der Waals surface area contributed by atoms with Crippen molar-refractivity contribution in [2.75, 3.05) is 6.54 Å². The van der Waals surface area contributed by atoms with Crippen LogP contribution in [0.25, 0.3) is 10.9 Å². The van der Waals surface area contributed by atoms with Crippen molar-refractivity contribution in [1.82, 2.24) is 4.57 Å². The first-order valence-electron chi connectivity index (χ1n) is 6.50. The highest BCUT2D eigenvalue weighted by Crippen LogP contribution is 2.22. The van der Waals surface area contributed by atoms with Crippen LogP contribution in [0.3, 0.4) is 0 Å². The summed E-state index contributed by atoms with van der Waals surface area (Å²) < 4.78 is 2.29. The van der Waals surface area contributed by atoms with Crippen LogP contribution < -0.4 is 5.73 Å². The standard InChI is InChI=1S/C15H19N3/c16-9-4-1-5-11-18-12-13(8-10-17)14-6-2-3-7-15(14)18/h2-3,6-7,12H,1,4-5,8,10-11,17H2. The van der Waals surface area contributed by atoms with Gasteiger partial charge >= 0.3 is 0 Å². The molecule has 3 nitrogen and oxygen atoms in total. The first-order valence-corrected chi connectivity index (χ1v) is 6.50. The number of benzene rings is 1. The Labute approximate surface area is 108 Å². The van der Waals surface area contributed by atoms with E-state index in [-0.39, 0.29) is 0 Å². The largest absolute Gasteiger partial charge is 0.347 e. The fourth-order valence-corrected chi connectivity index (χ4v) is 2.35. The topological polar surface area (TPSA) is 54.7 Å². The number of hydrogen-bond donors (Lipinski definition) is 1. The van der Waals surface area contributed by atoms with Crippen molar-refractivity contribution in [2.45, 2.75) is 32.2 Å². The smallest absolute Gasteiger partial charge is 0.0621 e. The van der Waals surface area contributed by atoms with Gasteiger partial charge in [0.25, 0.3) is 0 Å². The normalized spacial score (nSPS) is 10.7. The van der Waals surface area contributed by atoms with E-state index in [4.69, 9.17) is 11.0 Å². The third-order valence-corrected chi connectivity index (χ3v) is 3.22. The van der Waals surface area contributed by atoms with Crippen LogP contribution in [-0.4, -0.2) is 11.1 Å². The van der Waals surface area contributed by atoms with E-state index in [1.807, 2.05) is 0 Å². The maximum atomic E-state index is 8.54. The molecule has 94 valence electrons. The molecule has 18 heavy (non-hydrogen) atoms. The van der Waals surface area contributed by atoms with E-state index in [0.717, 1.165) is 25.8 Å². The number of aryl methyl sites for hydroxylation is 1. The molecule has 0 fully saturated rings. The van der Waals surface area contributed by atoms with Crippen molar-refractivity contribution in [3.63, 3.8) is 0 Å². The molecule has 0 aliphatic rings. The fourth-order valence-electron chi connectivity index (χ4n) is 2.35. The lowest BCUT2D eigenvalue weighted by atomic mass is 10.1. The van der Waals surface area contributed by atoms with Gasteiger partial charge in [0.1, 0.15) is 0 Å². The molecule has 1 heterocycles. The summed E-state index contributed by atoms with van der Waals surface area (Å²) in [4.78, 5) is 0. The molecular weight excluding hydrogens is 222 g/mol. The minimum atomic E-state index is 0.648. The Morgan fingerprint density at radius 2 is 2.06 bits per heavy atom. The van der Waals surface area contributed by atoms with Crippen molar-refractivity contribution >= 4 is 10.9 Å². The molecule has 0 amide bonds. The molecule has 3 heteroatoms. The highest BCUT2D eigenvalue weighted by Gasteiger charge is 2.06. The second kappa shape index (κ2) is 6.23. The number of fused-ring (bicyclic) bond motifs is 1. The molecule has 1 aromatic carbocycles.